The van der Waals surface area contributed by atoms with Crippen molar-refractivity contribution in [2.45, 2.75) is 25.0 Å². The van der Waals surface area contributed by atoms with E-state index in [4.69, 9.17) is 9.47 Å². The molecule has 2 atom stereocenters. The molecular weight excluding hydrogens is 268 g/mol. The number of methoxy groups -OCH3 is 2. The fourth-order valence-electron chi connectivity index (χ4n) is 1.35. The molecular formula is C12H24N2O6. The van der Waals surface area contributed by atoms with E-state index in [1.807, 2.05) is 0 Å². The maximum atomic E-state index is 11.5. The lowest BCUT2D eigenvalue weighted by molar-refractivity contribution is -0.146. The highest BCUT2D eigenvalue weighted by atomic mass is 16.5. The number of carbonyl (C=O) groups excluding carboxylic acids is 2. The van der Waals surface area contributed by atoms with Gasteiger partial charge in [0.2, 0.25) is 0 Å². The molecule has 0 radical (unpaired) electrons. The Morgan fingerprint density at radius 1 is 0.900 bits per heavy atom. The van der Waals surface area contributed by atoms with Crippen molar-refractivity contribution < 1.29 is 29.3 Å². The number of hydrogen-bond acceptors (Lipinski definition) is 6. The van der Waals surface area contributed by atoms with Crippen LogP contribution >= 0.6 is 0 Å². The maximum absolute atomic E-state index is 11.5. The van der Waals surface area contributed by atoms with Gasteiger partial charge in [0, 0.05) is 40.5 Å². The molecule has 4 N–H and O–H groups in total. The Bertz CT molecular complexity index is 259. The number of ether oxygens (including phenoxy) is 2. The molecule has 0 saturated heterocycles. The molecule has 0 aromatic rings. The number of aliphatic hydroxyl groups is 2. The summed E-state index contributed by atoms with van der Waals surface area (Å²) < 4.78 is 9.59. The van der Waals surface area contributed by atoms with E-state index in [0.717, 1.165) is 0 Å². The molecule has 0 aliphatic heterocycles. The highest BCUT2D eigenvalue weighted by molar-refractivity contribution is 5.90. The zero-order valence-corrected chi connectivity index (χ0v) is 11.9. The smallest absolute Gasteiger partial charge is 0.252 e. The van der Waals surface area contributed by atoms with Crippen LogP contribution in [-0.2, 0) is 19.1 Å². The molecule has 0 aromatic heterocycles. The van der Waals surface area contributed by atoms with E-state index < -0.39 is 24.0 Å². The molecule has 0 aromatic carbocycles. The monoisotopic (exact) mass is 292 g/mol. The van der Waals surface area contributed by atoms with Crippen LogP contribution in [0.15, 0.2) is 0 Å². The van der Waals surface area contributed by atoms with Crippen molar-refractivity contribution in [2.75, 3.05) is 40.5 Å². The van der Waals surface area contributed by atoms with Crippen LogP contribution in [0.4, 0.5) is 0 Å². The molecule has 0 bridgehead atoms. The Kier molecular flexibility index (Phi) is 10.9. The van der Waals surface area contributed by atoms with Gasteiger partial charge in [-0.15, -0.1) is 0 Å². The molecule has 2 amide bonds. The van der Waals surface area contributed by atoms with Gasteiger partial charge in [-0.3, -0.25) is 9.59 Å². The van der Waals surface area contributed by atoms with Crippen molar-refractivity contribution in [3.8, 4) is 0 Å². The summed E-state index contributed by atoms with van der Waals surface area (Å²) in [4.78, 5) is 22.9. The van der Waals surface area contributed by atoms with Crippen molar-refractivity contribution in [3.63, 3.8) is 0 Å². The Morgan fingerprint density at radius 3 is 1.55 bits per heavy atom. The summed E-state index contributed by atoms with van der Waals surface area (Å²) in [6.45, 7) is 1.54. The van der Waals surface area contributed by atoms with Gasteiger partial charge in [-0.2, -0.15) is 0 Å². The van der Waals surface area contributed by atoms with Crippen molar-refractivity contribution in [1.82, 2.24) is 10.6 Å². The molecule has 8 heteroatoms. The van der Waals surface area contributed by atoms with Crippen molar-refractivity contribution >= 4 is 11.8 Å². The first-order valence-corrected chi connectivity index (χ1v) is 6.44. The van der Waals surface area contributed by atoms with Crippen LogP contribution in [0.1, 0.15) is 12.8 Å². The number of rotatable bonds is 11. The van der Waals surface area contributed by atoms with Gasteiger partial charge >= 0.3 is 0 Å². The van der Waals surface area contributed by atoms with Gasteiger partial charge in [-0.05, 0) is 12.8 Å². The Hall–Kier alpha value is -1.22. The lowest BCUT2D eigenvalue weighted by Crippen LogP contribution is -2.49. The average molecular weight is 292 g/mol. The van der Waals surface area contributed by atoms with Crippen molar-refractivity contribution in [3.05, 3.63) is 0 Å². The summed E-state index contributed by atoms with van der Waals surface area (Å²) in [7, 11) is 3.07. The highest BCUT2D eigenvalue weighted by Gasteiger charge is 2.29. The first-order chi connectivity index (χ1) is 9.54. The Balaban J connectivity index is 3.95. The molecule has 8 nitrogen and oxygen atoms in total. The third-order valence-electron chi connectivity index (χ3n) is 2.49. The molecule has 0 fully saturated rings. The first-order valence-electron chi connectivity index (χ1n) is 6.44. The molecule has 0 heterocycles. The predicted molar refractivity (Wildman–Crippen MR) is 71.0 cm³/mol. The summed E-state index contributed by atoms with van der Waals surface area (Å²) >= 11 is 0. The number of nitrogens with one attached hydrogen (secondary N) is 2. The van der Waals surface area contributed by atoms with E-state index in [1.54, 1.807) is 0 Å². The highest BCUT2D eigenvalue weighted by Crippen LogP contribution is 1.95. The van der Waals surface area contributed by atoms with Crippen molar-refractivity contribution in [2.24, 2.45) is 0 Å². The van der Waals surface area contributed by atoms with E-state index in [1.165, 1.54) is 14.2 Å². The van der Waals surface area contributed by atoms with Crippen LogP contribution in [0, 0.1) is 0 Å². The van der Waals surface area contributed by atoms with Crippen LogP contribution < -0.4 is 10.6 Å². The van der Waals surface area contributed by atoms with Crippen LogP contribution in [0.5, 0.6) is 0 Å². The summed E-state index contributed by atoms with van der Waals surface area (Å²) in [5.41, 5.74) is 0. The zero-order valence-electron chi connectivity index (χ0n) is 11.9. The Labute approximate surface area is 118 Å². The third kappa shape index (κ3) is 8.05. The molecule has 0 saturated carbocycles. The predicted octanol–water partition coefficient (Wildman–Crippen LogP) is -1.99. The SMILES string of the molecule is COCCCNC(=O)[C@H](O)[C@@H](O)C(=O)NCCCOC. The van der Waals surface area contributed by atoms with E-state index >= 15 is 0 Å². The molecule has 118 valence electrons. The fourth-order valence-corrected chi connectivity index (χ4v) is 1.35. The normalized spacial score (nSPS) is 13.6. The quantitative estimate of drug-likeness (QED) is 0.328. The molecule has 0 aliphatic carbocycles. The minimum absolute atomic E-state index is 0.298. The number of hydrogen-bond donors (Lipinski definition) is 4. The van der Waals surface area contributed by atoms with Crippen molar-refractivity contribution in [1.29, 1.82) is 0 Å². The standard InChI is InChI=1S/C12H24N2O6/c1-19-7-3-5-13-11(17)9(15)10(16)12(18)14-6-4-8-20-2/h9-10,15-16H,3-8H2,1-2H3,(H,13,17)(H,14,18)/t9-,10-/m1/s1. The minimum Gasteiger partial charge on any atom is -0.385 e. The molecule has 0 rings (SSSR count). The van der Waals surface area contributed by atoms with Crippen LogP contribution in [-0.4, -0.2) is 74.8 Å². The van der Waals surface area contributed by atoms with Gasteiger partial charge < -0.3 is 30.3 Å². The van der Waals surface area contributed by atoms with E-state index in [2.05, 4.69) is 10.6 Å². The number of aliphatic hydroxyl groups excluding tert-OH is 2. The molecule has 20 heavy (non-hydrogen) atoms. The van der Waals surface area contributed by atoms with Crippen LogP contribution in [0.3, 0.4) is 0 Å². The van der Waals surface area contributed by atoms with E-state index in [0.29, 0.717) is 39.1 Å². The van der Waals surface area contributed by atoms with E-state index in [-0.39, 0.29) is 0 Å². The molecule has 0 aliphatic rings. The van der Waals surface area contributed by atoms with Gasteiger partial charge in [0.05, 0.1) is 0 Å². The van der Waals surface area contributed by atoms with Gasteiger partial charge in [0.1, 0.15) is 0 Å². The maximum Gasteiger partial charge on any atom is 0.252 e. The molecule has 0 spiro atoms. The van der Waals surface area contributed by atoms with Crippen LogP contribution in [0.2, 0.25) is 0 Å². The summed E-state index contributed by atoms with van der Waals surface area (Å²) in [6, 6.07) is 0. The Morgan fingerprint density at radius 2 is 1.25 bits per heavy atom. The summed E-state index contributed by atoms with van der Waals surface area (Å²) in [5.74, 6) is -1.58. The van der Waals surface area contributed by atoms with Gasteiger partial charge in [0.25, 0.3) is 11.8 Å². The lowest BCUT2D eigenvalue weighted by Gasteiger charge is -2.17. The summed E-state index contributed by atoms with van der Waals surface area (Å²) in [6.07, 6.45) is -2.43. The average Bonchev–Trinajstić information content (AvgIpc) is 2.46. The largest absolute Gasteiger partial charge is 0.385 e. The second-order valence-corrected chi connectivity index (χ2v) is 4.16. The molecule has 0 unspecified atom stereocenters. The van der Waals surface area contributed by atoms with E-state index in [9.17, 15) is 19.8 Å². The number of carbonyl (C=O) groups is 2. The second kappa shape index (κ2) is 11.6. The number of amides is 2. The fraction of sp³-hybridized carbons (Fsp3) is 0.833. The van der Waals surface area contributed by atoms with Crippen LogP contribution in [0.25, 0.3) is 0 Å². The van der Waals surface area contributed by atoms with Gasteiger partial charge in [-0.25, -0.2) is 0 Å². The second-order valence-electron chi connectivity index (χ2n) is 4.16. The lowest BCUT2D eigenvalue weighted by atomic mass is 10.1. The topological polar surface area (TPSA) is 117 Å². The minimum atomic E-state index is -1.79. The third-order valence-corrected chi connectivity index (χ3v) is 2.49. The van der Waals surface area contributed by atoms with Gasteiger partial charge in [-0.1, -0.05) is 0 Å². The zero-order chi connectivity index (χ0) is 15.4. The van der Waals surface area contributed by atoms with Gasteiger partial charge in [0.15, 0.2) is 12.2 Å². The summed E-state index contributed by atoms with van der Waals surface area (Å²) in [5, 5.41) is 23.9. The first kappa shape index (κ1) is 18.8.